The maximum atomic E-state index is 13.2. The Balaban J connectivity index is 1.47. The zero-order chi connectivity index (χ0) is 19.8. The van der Waals surface area contributed by atoms with E-state index in [1.54, 1.807) is 4.90 Å². The van der Waals surface area contributed by atoms with E-state index in [1.165, 1.54) is 0 Å². The van der Waals surface area contributed by atoms with Crippen molar-refractivity contribution in [2.45, 2.75) is 47.5 Å². The molecule has 6 nitrogen and oxygen atoms in total. The van der Waals surface area contributed by atoms with Gasteiger partial charge in [-0.15, -0.1) is 0 Å². The van der Waals surface area contributed by atoms with E-state index in [2.05, 4.69) is 0 Å². The molecule has 0 saturated carbocycles. The molecule has 3 aliphatic rings. The van der Waals surface area contributed by atoms with Gasteiger partial charge in [-0.25, -0.2) is 4.79 Å². The lowest BCUT2D eigenvalue weighted by Gasteiger charge is -2.36. The third-order valence-corrected chi connectivity index (χ3v) is 7.42. The largest absolute Gasteiger partial charge is 0.447 e. The molecule has 3 fully saturated rings. The topological polar surface area (TPSA) is 65.1 Å². The fraction of sp³-hybridized carbons (Fsp3) is 0.409. The first kappa shape index (κ1) is 18.8. The lowest BCUT2D eigenvalue weighted by atomic mass is 9.98. The highest BCUT2D eigenvalue weighted by Crippen LogP contribution is 2.47. The predicted octanol–water partition coefficient (Wildman–Crippen LogP) is 3.61. The molecule has 2 aromatic rings. The Kier molecular flexibility index (Phi) is 4.89. The van der Waals surface area contributed by atoms with Crippen molar-refractivity contribution in [3.8, 4) is 0 Å². The first-order valence-electron chi connectivity index (χ1n) is 9.95. The van der Waals surface area contributed by atoms with Crippen LogP contribution in [0.15, 0.2) is 65.6 Å². The van der Waals surface area contributed by atoms with Gasteiger partial charge in [0.05, 0.1) is 29.5 Å². The van der Waals surface area contributed by atoms with Gasteiger partial charge in [0.15, 0.2) is 5.79 Å². The van der Waals surface area contributed by atoms with E-state index in [0.717, 1.165) is 16.9 Å². The van der Waals surface area contributed by atoms with Gasteiger partial charge in [-0.3, -0.25) is 9.11 Å². The van der Waals surface area contributed by atoms with Crippen molar-refractivity contribution in [1.29, 1.82) is 0 Å². The maximum Gasteiger partial charge on any atom is 0.410 e. The molecule has 152 valence electrons. The minimum atomic E-state index is -1.35. The summed E-state index contributed by atoms with van der Waals surface area (Å²) in [4.78, 5) is 15.2. The Morgan fingerprint density at radius 3 is 2.45 bits per heavy atom. The Labute approximate surface area is 172 Å². The van der Waals surface area contributed by atoms with Gasteiger partial charge in [-0.2, -0.15) is 0 Å². The van der Waals surface area contributed by atoms with Crippen molar-refractivity contribution in [3.63, 3.8) is 0 Å². The normalized spacial score (nSPS) is 32.6. The van der Waals surface area contributed by atoms with E-state index in [0.29, 0.717) is 26.1 Å². The summed E-state index contributed by atoms with van der Waals surface area (Å²) in [5, 5.41) is 0. The summed E-state index contributed by atoms with van der Waals surface area (Å²) in [5.41, 5.74) is 0.476. The van der Waals surface area contributed by atoms with Gasteiger partial charge < -0.3 is 14.2 Å². The molecule has 1 spiro atoms. The van der Waals surface area contributed by atoms with Gasteiger partial charge in [0.2, 0.25) is 0 Å². The van der Waals surface area contributed by atoms with Crippen molar-refractivity contribution in [1.82, 2.24) is 4.90 Å². The highest BCUT2D eigenvalue weighted by Gasteiger charge is 2.59. The van der Waals surface area contributed by atoms with Crippen LogP contribution in [0.3, 0.4) is 0 Å². The zero-order valence-electron chi connectivity index (χ0n) is 15.9. The molecule has 3 heterocycles. The van der Waals surface area contributed by atoms with E-state index in [4.69, 9.17) is 14.2 Å². The van der Waals surface area contributed by atoms with Crippen LogP contribution >= 0.6 is 0 Å². The highest BCUT2D eigenvalue weighted by molar-refractivity contribution is 7.85. The lowest BCUT2D eigenvalue weighted by Crippen LogP contribution is -2.51. The Morgan fingerprint density at radius 1 is 1.03 bits per heavy atom. The number of benzene rings is 2. The molecule has 5 rings (SSSR count). The van der Waals surface area contributed by atoms with Gasteiger partial charge in [0.1, 0.15) is 12.0 Å². The zero-order valence-corrected chi connectivity index (χ0v) is 16.8. The first-order chi connectivity index (χ1) is 14.2. The molecule has 7 heteroatoms. The molecule has 2 aromatic carbocycles. The molecule has 5 atom stereocenters. The quantitative estimate of drug-likeness (QED) is 0.766. The molecule has 0 N–H and O–H groups in total. The van der Waals surface area contributed by atoms with E-state index in [-0.39, 0.29) is 18.2 Å². The average Bonchev–Trinajstić information content (AvgIpc) is 3.48. The second-order valence-corrected chi connectivity index (χ2v) is 9.18. The van der Waals surface area contributed by atoms with Gasteiger partial charge in [0, 0.05) is 17.7 Å². The molecular weight excluding hydrogens is 390 g/mol. The molecule has 2 unspecified atom stereocenters. The summed E-state index contributed by atoms with van der Waals surface area (Å²) >= 11 is 0. The number of cyclic esters (lactones) is 1. The third kappa shape index (κ3) is 3.27. The standard InChI is InChI=1S/C22H23NO5S/c24-21-23(18(15-26-21)16-8-3-1-4-9-16)19-14-20(28-22(19)12-7-13-27-22)29(25)17-10-5-2-6-11-17/h1-6,8-11,18-20H,7,12-15H2/t18-,19+,20?,22+,29?/m1/s1. The monoisotopic (exact) mass is 413 g/mol. The molecule has 1 amide bonds. The second-order valence-electron chi connectivity index (χ2n) is 7.58. The van der Waals surface area contributed by atoms with Gasteiger partial charge >= 0.3 is 6.09 Å². The van der Waals surface area contributed by atoms with Crippen LogP contribution in [0.4, 0.5) is 4.79 Å². The average molecular weight is 413 g/mol. The summed E-state index contributed by atoms with van der Waals surface area (Å²) in [7, 11) is -1.35. The van der Waals surface area contributed by atoms with Crippen LogP contribution in [-0.2, 0) is 25.0 Å². The number of hydrogen-bond donors (Lipinski definition) is 0. The van der Waals surface area contributed by atoms with Crippen molar-refractivity contribution in [3.05, 3.63) is 66.2 Å². The smallest absolute Gasteiger partial charge is 0.410 e. The lowest BCUT2D eigenvalue weighted by molar-refractivity contribution is -0.208. The van der Waals surface area contributed by atoms with E-state index in [1.807, 2.05) is 60.7 Å². The van der Waals surface area contributed by atoms with Gasteiger partial charge in [-0.1, -0.05) is 48.5 Å². The van der Waals surface area contributed by atoms with Crippen molar-refractivity contribution in [2.24, 2.45) is 0 Å². The Morgan fingerprint density at radius 2 is 1.76 bits per heavy atom. The number of carbonyl (C=O) groups excluding carboxylic acids is 1. The molecule has 0 aromatic heterocycles. The molecule has 0 radical (unpaired) electrons. The predicted molar refractivity (Wildman–Crippen MR) is 106 cm³/mol. The molecule has 3 saturated heterocycles. The second kappa shape index (κ2) is 7.55. The van der Waals surface area contributed by atoms with Crippen LogP contribution in [0.2, 0.25) is 0 Å². The number of rotatable bonds is 4. The number of ether oxygens (including phenoxy) is 3. The summed E-state index contributed by atoms with van der Waals surface area (Å²) in [5.74, 6) is -0.925. The van der Waals surface area contributed by atoms with Crippen molar-refractivity contribution < 1.29 is 23.2 Å². The van der Waals surface area contributed by atoms with Crippen LogP contribution in [0.5, 0.6) is 0 Å². The molecule has 0 bridgehead atoms. The molecule has 0 aliphatic carbocycles. The SMILES string of the molecule is O=C1OC[C@H](c2ccccc2)N1[C@H]1CC(S(=O)c2ccccc2)O[C@@]12CCCO2. The Bertz CT molecular complexity index is 900. The van der Waals surface area contributed by atoms with Crippen LogP contribution in [0, 0.1) is 0 Å². The summed E-state index contributed by atoms with van der Waals surface area (Å²) in [6.07, 6.45) is 1.60. The fourth-order valence-corrected chi connectivity index (χ4v) is 5.91. The van der Waals surface area contributed by atoms with E-state index >= 15 is 0 Å². The minimum absolute atomic E-state index is 0.206. The number of hydrogen-bond acceptors (Lipinski definition) is 5. The van der Waals surface area contributed by atoms with Crippen molar-refractivity contribution in [2.75, 3.05) is 13.2 Å². The van der Waals surface area contributed by atoms with Gasteiger partial charge in [-0.05, 0) is 24.1 Å². The first-order valence-corrected chi connectivity index (χ1v) is 11.2. The summed E-state index contributed by atoms with van der Waals surface area (Å²) in [6.45, 7) is 0.863. The number of nitrogens with zero attached hydrogens (tertiary/aromatic N) is 1. The van der Waals surface area contributed by atoms with Crippen molar-refractivity contribution >= 4 is 16.9 Å². The third-order valence-electron chi connectivity index (χ3n) is 5.92. The fourth-order valence-electron chi connectivity index (χ4n) is 4.57. The minimum Gasteiger partial charge on any atom is -0.447 e. The van der Waals surface area contributed by atoms with Crippen LogP contribution in [0.25, 0.3) is 0 Å². The van der Waals surface area contributed by atoms with Crippen LogP contribution in [0.1, 0.15) is 30.9 Å². The molecule has 29 heavy (non-hydrogen) atoms. The highest BCUT2D eigenvalue weighted by atomic mass is 32.2. The van der Waals surface area contributed by atoms with Crippen LogP contribution < -0.4 is 0 Å². The molecular formula is C22H23NO5S. The van der Waals surface area contributed by atoms with E-state index in [9.17, 15) is 9.00 Å². The van der Waals surface area contributed by atoms with Gasteiger partial charge in [0.25, 0.3) is 0 Å². The summed E-state index contributed by atoms with van der Waals surface area (Å²) < 4.78 is 31.0. The number of carbonyl (C=O) groups is 1. The van der Waals surface area contributed by atoms with Crippen LogP contribution in [-0.4, -0.2) is 45.7 Å². The maximum absolute atomic E-state index is 13.2. The molecule has 3 aliphatic heterocycles. The number of amides is 1. The summed E-state index contributed by atoms with van der Waals surface area (Å²) in [6, 6.07) is 18.6. The van der Waals surface area contributed by atoms with E-state index < -0.39 is 22.0 Å². The Hall–Kier alpha value is -2.22.